The van der Waals surface area contributed by atoms with Gasteiger partial charge in [-0.05, 0) is 92.8 Å². The van der Waals surface area contributed by atoms with Crippen LogP contribution in [0.25, 0.3) is 0 Å². The average Bonchev–Trinajstić information content (AvgIpc) is 3.07. The molecule has 2 fully saturated rings. The first-order valence-electron chi connectivity index (χ1n) is 17.0. The second-order valence-corrected chi connectivity index (χ2v) is 13.6. The van der Waals surface area contributed by atoms with Crippen LogP contribution in [0, 0.1) is 17.8 Å². The van der Waals surface area contributed by atoms with Crippen LogP contribution in [0.5, 0.6) is 23.0 Å². The molecule has 0 radical (unpaired) electrons. The fraction of sp³-hybridized carbons (Fsp3) is 0.487. The minimum atomic E-state index is -0.538. The lowest BCUT2D eigenvalue weighted by molar-refractivity contribution is -0.138. The number of hydrogen-bond acceptors (Lipinski definition) is 10. The molecule has 2 aliphatic rings. The summed E-state index contributed by atoms with van der Waals surface area (Å²) in [7, 11) is 0. The van der Waals surface area contributed by atoms with Gasteiger partial charge in [0.1, 0.15) is 28.6 Å². The van der Waals surface area contributed by atoms with Gasteiger partial charge in [0.15, 0.2) is 0 Å². The fourth-order valence-corrected chi connectivity index (χ4v) is 5.26. The molecule has 10 nitrogen and oxygen atoms in total. The third kappa shape index (κ3) is 11.0. The zero-order valence-corrected chi connectivity index (χ0v) is 28.8. The molecule has 10 heteroatoms. The molecule has 2 heterocycles. The minimum Gasteiger partial charge on any atom is -0.494 e. The Bertz CT molecular complexity index is 1510. The average molecular weight is 677 g/mol. The highest BCUT2D eigenvalue weighted by molar-refractivity contribution is 5.94. The molecular formula is C39H48O10. The Morgan fingerprint density at radius 3 is 1.80 bits per heavy atom. The highest BCUT2D eigenvalue weighted by Crippen LogP contribution is 2.29. The molecule has 49 heavy (non-hydrogen) atoms. The third-order valence-corrected chi connectivity index (χ3v) is 8.35. The van der Waals surface area contributed by atoms with Gasteiger partial charge in [-0.25, -0.2) is 9.59 Å². The highest BCUT2D eigenvalue weighted by atomic mass is 16.5. The largest absolute Gasteiger partial charge is 0.494 e. The molecule has 0 saturated carbocycles. The standard InChI is InChI=1S/C39H48O10/c1-29-22-32(48-37(41)33-10-4-5-11-35(33)47-21-9-7-19-43-24-39(3)27-45-28-39)16-17-34(29)49-36(40)30-12-14-31(15-13-30)46-20-8-6-18-42-23-38(2)25-44-26-38/h4-5,10-17,22H,6-9,18-21,23-28H2,1-3H3. The number of unbranched alkanes of at least 4 members (excludes halogenated alkanes) is 2. The summed E-state index contributed by atoms with van der Waals surface area (Å²) in [4.78, 5) is 25.9. The van der Waals surface area contributed by atoms with E-state index in [1.807, 2.05) is 6.07 Å². The molecule has 0 aliphatic carbocycles. The topological polar surface area (TPSA) is 108 Å². The van der Waals surface area contributed by atoms with Gasteiger partial charge in [0, 0.05) is 24.0 Å². The lowest BCUT2D eigenvalue weighted by Gasteiger charge is -2.37. The number of ether oxygens (including phenoxy) is 8. The van der Waals surface area contributed by atoms with E-state index >= 15 is 0 Å². The van der Waals surface area contributed by atoms with Crippen molar-refractivity contribution < 1.29 is 47.5 Å². The molecule has 2 saturated heterocycles. The van der Waals surface area contributed by atoms with E-state index < -0.39 is 11.9 Å². The molecule has 2 aliphatic heterocycles. The molecule has 0 unspecified atom stereocenters. The Morgan fingerprint density at radius 2 is 1.20 bits per heavy atom. The van der Waals surface area contributed by atoms with Gasteiger partial charge in [0.25, 0.3) is 0 Å². The predicted octanol–water partition coefficient (Wildman–Crippen LogP) is 6.86. The molecule has 0 aromatic heterocycles. The van der Waals surface area contributed by atoms with E-state index in [0.717, 1.165) is 58.7 Å². The van der Waals surface area contributed by atoms with Crippen LogP contribution >= 0.6 is 0 Å². The zero-order valence-electron chi connectivity index (χ0n) is 28.8. The molecular weight excluding hydrogens is 628 g/mol. The number of para-hydroxylation sites is 1. The lowest BCUT2D eigenvalue weighted by atomic mass is 9.90. The highest BCUT2D eigenvalue weighted by Gasteiger charge is 2.34. The van der Waals surface area contributed by atoms with Crippen LogP contribution < -0.4 is 18.9 Å². The van der Waals surface area contributed by atoms with Crippen LogP contribution in [0.2, 0.25) is 0 Å². The Morgan fingerprint density at radius 1 is 0.633 bits per heavy atom. The van der Waals surface area contributed by atoms with Crippen LogP contribution in [0.4, 0.5) is 0 Å². The SMILES string of the molecule is Cc1cc(OC(=O)c2ccccc2OCCCCOCC2(C)COC2)ccc1OC(=O)c1ccc(OCCCCOCC2(C)COC2)cc1. The predicted molar refractivity (Wildman–Crippen MR) is 183 cm³/mol. The van der Waals surface area contributed by atoms with Gasteiger partial charge in [0.05, 0.1) is 58.4 Å². The second kappa shape index (κ2) is 17.6. The summed E-state index contributed by atoms with van der Waals surface area (Å²) in [5, 5.41) is 0. The monoisotopic (exact) mass is 676 g/mol. The number of aryl methyl sites for hydroxylation is 1. The Hall–Kier alpha value is -3.96. The zero-order chi connectivity index (χ0) is 34.5. The summed E-state index contributed by atoms with van der Waals surface area (Å²) in [6, 6.07) is 18.7. The van der Waals surface area contributed by atoms with E-state index in [2.05, 4.69) is 13.8 Å². The fourth-order valence-electron chi connectivity index (χ4n) is 5.26. The summed E-state index contributed by atoms with van der Waals surface area (Å²) in [5.74, 6) is 0.802. The van der Waals surface area contributed by atoms with Crippen LogP contribution in [-0.4, -0.2) is 78.0 Å². The van der Waals surface area contributed by atoms with E-state index in [4.69, 9.17) is 37.9 Å². The maximum atomic E-state index is 13.1. The van der Waals surface area contributed by atoms with Crippen LogP contribution in [0.1, 0.15) is 65.8 Å². The molecule has 3 aromatic rings. The first-order chi connectivity index (χ1) is 23.7. The number of carbonyl (C=O) groups is 2. The Kier molecular flexibility index (Phi) is 13.1. The van der Waals surface area contributed by atoms with E-state index in [1.54, 1.807) is 67.6 Å². The van der Waals surface area contributed by atoms with Crippen molar-refractivity contribution in [2.45, 2.75) is 46.5 Å². The van der Waals surface area contributed by atoms with Crippen LogP contribution in [0.15, 0.2) is 66.7 Å². The Labute approximate surface area is 288 Å². The normalized spacial score (nSPS) is 15.8. The lowest BCUT2D eigenvalue weighted by Crippen LogP contribution is -2.43. The minimum absolute atomic E-state index is 0.142. The molecule has 3 aromatic carbocycles. The summed E-state index contributed by atoms with van der Waals surface area (Å²) in [5.41, 5.74) is 1.68. The number of carbonyl (C=O) groups excluding carboxylic acids is 2. The summed E-state index contributed by atoms with van der Waals surface area (Å²) >= 11 is 0. The molecule has 264 valence electrons. The number of esters is 2. The van der Waals surface area contributed by atoms with Gasteiger partial charge in [-0.15, -0.1) is 0 Å². The van der Waals surface area contributed by atoms with Gasteiger partial charge in [-0.2, -0.15) is 0 Å². The van der Waals surface area contributed by atoms with Crippen LogP contribution in [-0.2, 0) is 18.9 Å². The van der Waals surface area contributed by atoms with Crippen molar-refractivity contribution in [2.24, 2.45) is 10.8 Å². The first-order valence-corrected chi connectivity index (χ1v) is 17.0. The van der Waals surface area contributed by atoms with Gasteiger partial charge in [-0.3, -0.25) is 0 Å². The van der Waals surface area contributed by atoms with Crippen molar-refractivity contribution in [1.29, 1.82) is 0 Å². The first kappa shape index (κ1) is 36.3. The second-order valence-electron chi connectivity index (χ2n) is 13.6. The maximum absolute atomic E-state index is 13.1. The number of rotatable bonds is 20. The molecule has 0 spiro atoms. The van der Waals surface area contributed by atoms with Crippen molar-refractivity contribution >= 4 is 11.9 Å². The molecule has 0 atom stereocenters. The van der Waals surface area contributed by atoms with Crippen molar-refractivity contribution in [3.63, 3.8) is 0 Å². The quantitative estimate of drug-likeness (QED) is 0.0716. The van der Waals surface area contributed by atoms with Crippen molar-refractivity contribution in [3.05, 3.63) is 83.4 Å². The molecule has 0 bridgehead atoms. The van der Waals surface area contributed by atoms with E-state index in [1.165, 1.54) is 0 Å². The van der Waals surface area contributed by atoms with Gasteiger partial charge >= 0.3 is 11.9 Å². The van der Waals surface area contributed by atoms with E-state index in [-0.39, 0.29) is 10.8 Å². The number of hydrogen-bond donors (Lipinski definition) is 0. The van der Waals surface area contributed by atoms with E-state index in [9.17, 15) is 9.59 Å². The third-order valence-electron chi connectivity index (χ3n) is 8.35. The van der Waals surface area contributed by atoms with Crippen molar-refractivity contribution in [2.75, 3.05) is 66.1 Å². The number of benzene rings is 3. The summed E-state index contributed by atoms with van der Waals surface area (Å²) in [6.07, 6.45) is 3.43. The van der Waals surface area contributed by atoms with Crippen molar-refractivity contribution in [1.82, 2.24) is 0 Å². The smallest absolute Gasteiger partial charge is 0.347 e. The molecule has 0 N–H and O–H groups in total. The van der Waals surface area contributed by atoms with Gasteiger partial charge in [0.2, 0.25) is 0 Å². The van der Waals surface area contributed by atoms with Gasteiger partial charge < -0.3 is 37.9 Å². The van der Waals surface area contributed by atoms with Crippen molar-refractivity contribution in [3.8, 4) is 23.0 Å². The van der Waals surface area contributed by atoms with E-state index in [0.29, 0.717) is 72.7 Å². The summed E-state index contributed by atoms with van der Waals surface area (Å²) in [6.45, 7) is 12.9. The van der Waals surface area contributed by atoms with Gasteiger partial charge in [-0.1, -0.05) is 26.0 Å². The summed E-state index contributed by atoms with van der Waals surface area (Å²) < 4.78 is 45.0. The Balaban J connectivity index is 1.01. The molecule has 0 amide bonds. The van der Waals surface area contributed by atoms with Crippen LogP contribution in [0.3, 0.4) is 0 Å². The molecule has 5 rings (SSSR count). The maximum Gasteiger partial charge on any atom is 0.347 e.